The maximum atomic E-state index is 4.81. The molecule has 8 nitrogen and oxygen atoms in total. The summed E-state index contributed by atoms with van der Waals surface area (Å²) in [5, 5.41) is 19.9. The van der Waals surface area contributed by atoms with Gasteiger partial charge in [0.05, 0.1) is 33.6 Å². The number of nitrogens with zero attached hydrogens (tertiary/aromatic N) is 5. The summed E-state index contributed by atoms with van der Waals surface area (Å²) in [6.07, 6.45) is 9.30. The molecule has 160 valence electrons. The highest BCUT2D eigenvalue weighted by Gasteiger charge is 2.46. The van der Waals surface area contributed by atoms with E-state index in [-0.39, 0.29) is 5.54 Å². The Bertz CT molecular complexity index is 1400. The summed E-state index contributed by atoms with van der Waals surface area (Å²) < 4.78 is 2.82. The molecule has 32 heavy (non-hydrogen) atoms. The molecule has 1 aliphatic rings. The third kappa shape index (κ3) is 3.53. The lowest BCUT2D eigenvalue weighted by Crippen LogP contribution is -2.20. The molecule has 0 spiro atoms. The molecule has 4 aromatic heterocycles. The summed E-state index contributed by atoms with van der Waals surface area (Å²) >= 11 is 3.60. The van der Waals surface area contributed by atoms with Crippen LogP contribution in [0.2, 0.25) is 0 Å². The molecule has 1 saturated heterocycles. The van der Waals surface area contributed by atoms with Gasteiger partial charge < -0.3 is 10.6 Å². The van der Waals surface area contributed by atoms with Crippen LogP contribution < -0.4 is 10.6 Å². The van der Waals surface area contributed by atoms with E-state index in [0.717, 1.165) is 51.9 Å². The van der Waals surface area contributed by atoms with Crippen molar-refractivity contribution in [2.45, 2.75) is 24.9 Å². The first-order chi connectivity index (χ1) is 15.7. The van der Waals surface area contributed by atoms with Crippen LogP contribution in [0.3, 0.4) is 0 Å². The van der Waals surface area contributed by atoms with E-state index in [1.54, 1.807) is 6.20 Å². The minimum atomic E-state index is -0.116. The van der Waals surface area contributed by atoms with E-state index in [9.17, 15) is 0 Å². The van der Waals surface area contributed by atoms with Gasteiger partial charge in [-0.2, -0.15) is 10.2 Å². The average molecular weight is 489 g/mol. The number of pyridine rings is 1. The summed E-state index contributed by atoms with van der Waals surface area (Å²) in [6.45, 7) is 1.59. The Morgan fingerprint density at radius 3 is 2.91 bits per heavy atom. The van der Waals surface area contributed by atoms with Crippen molar-refractivity contribution in [2.24, 2.45) is 0 Å². The monoisotopic (exact) mass is 488 g/mol. The number of anilines is 1. The molecule has 0 radical (unpaired) electrons. The number of aromatic amines is 1. The number of benzene rings is 1. The highest BCUT2D eigenvalue weighted by Crippen LogP contribution is 2.37. The molecule has 1 unspecified atom stereocenters. The minimum absolute atomic E-state index is 0.116. The number of aromatic nitrogens is 6. The zero-order valence-electron chi connectivity index (χ0n) is 17.2. The number of aryl methyl sites for hydroxylation is 1. The molecule has 5 aromatic rings. The Morgan fingerprint density at radius 2 is 2.06 bits per heavy atom. The number of halogens is 1. The van der Waals surface area contributed by atoms with Gasteiger partial charge in [0.1, 0.15) is 5.82 Å². The van der Waals surface area contributed by atoms with Gasteiger partial charge in [-0.25, -0.2) is 9.50 Å². The molecular formula is C23H21BrN8. The second-order valence-corrected chi connectivity index (χ2v) is 9.05. The molecule has 1 aromatic carbocycles. The Hall–Kier alpha value is -3.30. The van der Waals surface area contributed by atoms with Crippen molar-refractivity contribution in [3.8, 4) is 0 Å². The van der Waals surface area contributed by atoms with Crippen LogP contribution in [-0.4, -0.2) is 36.3 Å². The van der Waals surface area contributed by atoms with Gasteiger partial charge in [0.25, 0.3) is 0 Å². The minimum Gasteiger partial charge on any atom is -0.366 e. The van der Waals surface area contributed by atoms with Crippen LogP contribution >= 0.6 is 15.9 Å². The fourth-order valence-corrected chi connectivity index (χ4v) is 4.51. The number of nitrogens with one attached hydrogen (secondary N) is 3. The Balaban J connectivity index is 1.29. The molecule has 0 saturated carbocycles. The number of hydrogen-bond acceptors (Lipinski definition) is 6. The lowest BCUT2D eigenvalue weighted by molar-refractivity contribution is 0.567. The van der Waals surface area contributed by atoms with Gasteiger partial charge >= 0.3 is 0 Å². The molecule has 0 bridgehead atoms. The van der Waals surface area contributed by atoms with E-state index in [4.69, 9.17) is 4.98 Å². The molecule has 0 amide bonds. The van der Waals surface area contributed by atoms with Crippen molar-refractivity contribution in [3.05, 3.63) is 82.5 Å². The number of rotatable bonds is 7. The van der Waals surface area contributed by atoms with Crippen LogP contribution in [0.4, 0.5) is 5.82 Å². The molecule has 3 N–H and O–H groups in total. The fraction of sp³-hybridized carbons (Fsp3) is 0.217. The lowest BCUT2D eigenvalue weighted by atomic mass is 9.96. The van der Waals surface area contributed by atoms with E-state index < -0.39 is 0 Å². The molecule has 1 atom stereocenters. The largest absolute Gasteiger partial charge is 0.366 e. The Morgan fingerprint density at radius 1 is 1.12 bits per heavy atom. The molecule has 1 fully saturated rings. The van der Waals surface area contributed by atoms with Gasteiger partial charge in [-0.1, -0.05) is 12.1 Å². The standard InChI is InChI=1S/C23H21BrN8/c24-18-13-29-32-20(23(14-27-23)6-5-15-2-1-7-25-10-15)9-21(30-22(18)32)26-11-16-3-4-19-17(8-16)12-28-31-19/h1-4,7-10,12-13,27H,5-6,11,14H2,(H,26,30)(H,28,31). The number of hydrogen-bond donors (Lipinski definition) is 3. The van der Waals surface area contributed by atoms with Crippen molar-refractivity contribution in [3.63, 3.8) is 0 Å². The van der Waals surface area contributed by atoms with E-state index >= 15 is 0 Å². The smallest absolute Gasteiger partial charge is 0.171 e. The molecule has 6 rings (SSSR count). The van der Waals surface area contributed by atoms with E-state index in [1.807, 2.05) is 29.2 Å². The molecule has 1 aliphatic heterocycles. The second kappa shape index (κ2) is 7.68. The van der Waals surface area contributed by atoms with Gasteiger partial charge in [0.15, 0.2) is 5.65 Å². The predicted molar refractivity (Wildman–Crippen MR) is 126 cm³/mol. The van der Waals surface area contributed by atoms with Crippen molar-refractivity contribution in [1.82, 2.24) is 35.1 Å². The summed E-state index contributed by atoms with van der Waals surface area (Å²) in [6, 6.07) is 12.5. The van der Waals surface area contributed by atoms with Crippen molar-refractivity contribution in [2.75, 3.05) is 11.9 Å². The number of fused-ring (bicyclic) bond motifs is 2. The summed E-state index contributed by atoms with van der Waals surface area (Å²) in [5.41, 5.74) is 5.25. The summed E-state index contributed by atoms with van der Waals surface area (Å²) in [7, 11) is 0. The van der Waals surface area contributed by atoms with E-state index in [2.05, 4.69) is 77.2 Å². The van der Waals surface area contributed by atoms with Crippen molar-refractivity contribution < 1.29 is 0 Å². The van der Waals surface area contributed by atoms with Gasteiger partial charge in [0, 0.05) is 36.9 Å². The molecule has 5 heterocycles. The fourth-order valence-electron chi connectivity index (χ4n) is 4.16. The predicted octanol–water partition coefficient (Wildman–Crippen LogP) is 3.81. The van der Waals surface area contributed by atoms with E-state index in [1.165, 1.54) is 11.1 Å². The van der Waals surface area contributed by atoms with Gasteiger partial charge in [-0.3, -0.25) is 10.1 Å². The third-order valence-corrected chi connectivity index (χ3v) is 6.62. The first-order valence-electron chi connectivity index (χ1n) is 10.5. The normalized spacial score (nSPS) is 17.8. The third-order valence-electron chi connectivity index (χ3n) is 6.06. The van der Waals surface area contributed by atoms with Crippen LogP contribution in [0.5, 0.6) is 0 Å². The van der Waals surface area contributed by atoms with Crippen LogP contribution in [0.25, 0.3) is 16.6 Å². The molecule has 9 heteroatoms. The van der Waals surface area contributed by atoms with Gasteiger partial charge in [-0.05, 0) is 58.1 Å². The topological polar surface area (TPSA) is 106 Å². The zero-order chi connectivity index (χ0) is 21.5. The van der Waals surface area contributed by atoms with Crippen molar-refractivity contribution in [1.29, 1.82) is 0 Å². The highest BCUT2D eigenvalue weighted by atomic mass is 79.9. The summed E-state index contributed by atoms with van der Waals surface area (Å²) in [4.78, 5) is 9.05. The van der Waals surface area contributed by atoms with Gasteiger partial charge in [0.2, 0.25) is 0 Å². The van der Waals surface area contributed by atoms with E-state index in [0.29, 0.717) is 6.54 Å². The maximum Gasteiger partial charge on any atom is 0.171 e. The van der Waals surface area contributed by atoms with Crippen LogP contribution in [0, 0.1) is 0 Å². The van der Waals surface area contributed by atoms with Crippen LogP contribution in [0.1, 0.15) is 23.2 Å². The zero-order valence-corrected chi connectivity index (χ0v) is 18.8. The lowest BCUT2D eigenvalue weighted by Gasteiger charge is -2.17. The first kappa shape index (κ1) is 19.4. The van der Waals surface area contributed by atoms with Crippen LogP contribution in [-0.2, 0) is 18.5 Å². The first-order valence-corrected chi connectivity index (χ1v) is 11.3. The van der Waals surface area contributed by atoms with Crippen molar-refractivity contribution >= 4 is 38.3 Å². The SMILES string of the molecule is Brc1cnn2c(C3(CCc4cccnc4)CN3)cc(NCc3ccc4[nH]ncc4c3)nc12. The quantitative estimate of drug-likeness (QED) is 0.301. The Labute approximate surface area is 192 Å². The molecule has 0 aliphatic carbocycles. The highest BCUT2D eigenvalue weighted by molar-refractivity contribution is 9.10. The second-order valence-electron chi connectivity index (χ2n) is 8.20. The number of H-pyrrole nitrogens is 1. The average Bonchev–Trinajstić information content (AvgIpc) is 3.31. The molecular weight excluding hydrogens is 468 g/mol. The van der Waals surface area contributed by atoms with Gasteiger partial charge in [-0.15, -0.1) is 0 Å². The summed E-state index contributed by atoms with van der Waals surface area (Å²) in [5.74, 6) is 0.829. The maximum absolute atomic E-state index is 4.81. The van der Waals surface area contributed by atoms with Crippen LogP contribution in [0.15, 0.2) is 65.7 Å². The Kier molecular flexibility index (Phi) is 4.65.